The van der Waals surface area contributed by atoms with Crippen molar-refractivity contribution < 1.29 is 28.9 Å². The van der Waals surface area contributed by atoms with Crippen LogP contribution in [0.2, 0.25) is 0 Å². The van der Waals surface area contributed by atoms with E-state index in [2.05, 4.69) is 5.16 Å². The summed E-state index contributed by atoms with van der Waals surface area (Å²) in [5.41, 5.74) is 4.77. The molecule has 1 aliphatic carbocycles. The second-order valence-corrected chi connectivity index (χ2v) is 9.71. The van der Waals surface area contributed by atoms with Crippen LogP contribution in [0.1, 0.15) is 95.3 Å². The lowest BCUT2D eigenvalue weighted by Gasteiger charge is -2.29. The number of nitro benzene ring substituents is 1. The lowest BCUT2D eigenvalue weighted by atomic mass is 9.76. The third kappa shape index (κ3) is 6.47. The smallest absolute Gasteiger partial charge is 0.343 e. The van der Waals surface area contributed by atoms with Crippen LogP contribution in [0.4, 0.5) is 5.69 Å². The van der Waals surface area contributed by atoms with Gasteiger partial charge in [-0.15, -0.1) is 0 Å². The van der Waals surface area contributed by atoms with Crippen LogP contribution in [-0.2, 0) is 14.4 Å². The third-order valence-electron chi connectivity index (χ3n) is 6.82. The molecule has 0 saturated carbocycles. The van der Waals surface area contributed by atoms with Crippen LogP contribution < -0.4 is 0 Å². The summed E-state index contributed by atoms with van der Waals surface area (Å²) in [6.07, 6.45) is 1.52. The molecule has 0 N–H and O–H groups in total. The predicted octanol–water partition coefficient (Wildman–Crippen LogP) is 6.47. The largest absolute Gasteiger partial charge is 0.427 e. The standard InChI is InChI=1S/C30H34N2O7/c1-7-9-24(31-38-8-2)29-25(34)15-22(28-18(4)14-17(3)27(19(28)5)20(6)33)16-26(29)39-30(35)21-10-12-23(13-11-21)32(36)37/h10-14,22H,7-9,15-16H2,1-6H3/b31-24+. The summed E-state index contributed by atoms with van der Waals surface area (Å²) >= 11 is 0. The van der Waals surface area contributed by atoms with E-state index in [1.165, 1.54) is 31.2 Å². The minimum absolute atomic E-state index is 0.0523. The van der Waals surface area contributed by atoms with Gasteiger partial charge < -0.3 is 9.57 Å². The van der Waals surface area contributed by atoms with Gasteiger partial charge in [0.05, 0.1) is 21.8 Å². The first-order valence-electron chi connectivity index (χ1n) is 13.0. The van der Waals surface area contributed by atoms with Crippen LogP contribution in [0.5, 0.6) is 0 Å². The first kappa shape index (κ1) is 29.4. The molecular formula is C30H34N2O7. The van der Waals surface area contributed by atoms with Crippen molar-refractivity contribution in [3.63, 3.8) is 0 Å². The first-order chi connectivity index (χ1) is 18.5. The number of nitrogens with zero attached hydrogens (tertiary/aromatic N) is 2. The van der Waals surface area contributed by atoms with Crippen molar-refractivity contribution >= 4 is 28.9 Å². The van der Waals surface area contributed by atoms with E-state index in [-0.39, 0.29) is 52.9 Å². The van der Waals surface area contributed by atoms with Crippen molar-refractivity contribution in [2.24, 2.45) is 5.16 Å². The van der Waals surface area contributed by atoms with Crippen LogP contribution in [0.3, 0.4) is 0 Å². The molecule has 1 unspecified atom stereocenters. The van der Waals surface area contributed by atoms with Crippen LogP contribution in [0.15, 0.2) is 46.8 Å². The van der Waals surface area contributed by atoms with Gasteiger partial charge in [0, 0.05) is 30.5 Å². The number of oxime groups is 1. The summed E-state index contributed by atoms with van der Waals surface area (Å²) in [5, 5.41) is 15.2. The van der Waals surface area contributed by atoms with Crippen molar-refractivity contribution in [2.45, 2.75) is 73.1 Å². The van der Waals surface area contributed by atoms with E-state index < -0.39 is 10.9 Å². The fourth-order valence-electron chi connectivity index (χ4n) is 5.35. The molecule has 0 bridgehead atoms. The Morgan fingerprint density at radius 3 is 2.31 bits per heavy atom. The Labute approximate surface area is 228 Å². The number of rotatable bonds is 10. The summed E-state index contributed by atoms with van der Waals surface area (Å²) in [6, 6.07) is 7.03. The van der Waals surface area contributed by atoms with E-state index in [1.54, 1.807) is 6.92 Å². The molecule has 0 amide bonds. The number of hydrogen-bond acceptors (Lipinski definition) is 8. The lowest BCUT2D eigenvalue weighted by molar-refractivity contribution is -0.384. The van der Waals surface area contributed by atoms with E-state index in [0.717, 1.165) is 22.3 Å². The summed E-state index contributed by atoms with van der Waals surface area (Å²) < 4.78 is 5.85. The molecule has 0 spiro atoms. The molecule has 0 saturated heterocycles. The maximum atomic E-state index is 13.7. The van der Waals surface area contributed by atoms with Crippen molar-refractivity contribution in [3.8, 4) is 0 Å². The maximum absolute atomic E-state index is 13.7. The van der Waals surface area contributed by atoms with Gasteiger partial charge in [0.2, 0.25) is 0 Å². The van der Waals surface area contributed by atoms with Gasteiger partial charge in [0.1, 0.15) is 12.4 Å². The first-order valence-corrected chi connectivity index (χ1v) is 13.0. The highest BCUT2D eigenvalue weighted by Gasteiger charge is 2.35. The molecule has 2 aromatic rings. The molecule has 206 valence electrons. The normalized spacial score (nSPS) is 15.8. The van der Waals surface area contributed by atoms with Crippen molar-refractivity contribution in [2.75, 3.05) is 6.61 Å². The van der Waals surface area contributed by atoms with Gasteiger partial charge in [-0.05, 0) is 81.3 Å². The number of esters is 1. The molecule has 1 aliphatic rings. The monoisotopic (exact) mass is 534 g/mol. The number of hydrogen-bond donors (Lipinski definition) is 0. The lowest BCUT2D eigenvalue weighted by Crippen LogP contribution is -2.27. The highest BCUT2D eigenvalue weighted by molar-refractivity contribution is 6.23. The summed E-state index contributed by atoms with van der Waals surface area (Å²) in [4.78, 5) is 55.0. The summed E-state index contributed by atoms with van der Waals surface area (Å²) in [6.45, 7) is 11.3. The highest BCUT2D eigenvalue weighted by Crippen LogP contribution is 2.40. The molecule has 39 heavy (non-hydrogen) atoms. The topological polar surface area (TPSA) is 125 Å². The van der Waals surface area contributed by atoms with Crippen LogP contribution in [-0.4, -0.2) is 34.8 Å². The Morgan fingerprint density at radius 1 is 1.08 bits per heavy atom. The average Bonchev–Trinajstić information content (AvgIpc) is 2.86. The van der Waals surface area contributed by atoms with Gasteiger partial charge in [-0.2, -0.15) is 0 Å². The number of non-ortho nitro benzene ring substituents is 1. The average molecular weight is 535 g/mol. The SMILES string of the molecule is CCC/C(=N\OCC)C1=C(OC(=O)c2ccc([N+](=O)[O-])cc2)CC(c2c(C)cc(C)c(C(C)=O)c2C)CC1=O. The Bertz CT molecular complexity index is 1370. The van der Waals surface area contributed by atoms with Crippen LogP contribution in [0.25, 0.3) is 0 Å². The fraction of sp³-hybridized carbons (Fsp3) is 0.400. The van der Waals surface area contributed by atoms with Gasteiger partial charge in [-0.25, -0.2) is 4.79 Å². The minimum atomic E-state index is -0.736. The number of benzene rings is 2. The van der Waals surface area contributed by atoms with Gasteiger partial charge in [-0.3, -0.25) is 19.7 Å². The number of aryl methyl sites for hydroxylation is 2. The number of carbonyl (C=O) groups is 3. The predicted molar refractivity (Wildman–Crippen MR) is 147 cm³/mol. The van der Waals surface area contributed by atoms with Gasteiger partial charge in [0.25, 0.3) is 5.69 Å². The molecule has 1 atom stereocenters. The third-order valence-corrected chi connectivity index (χ3v) is 6.82. The van der Waals surface area contributed by atoms with Gasteiger partial charge in [0.15, 0.2) is 11.6 Å². The molecule has 0 radical (unpaired) electrons. The Balaban J connectivity index is 2.12. The Morgan fingerprint density at radius 2 is 1.74 bits per heavy atom. The van der Waals surface area contributed by atoms with Crippen molar-refractivity contribution in [3.05, 3.63) is 85.2 Å². The number of nitro groups is 1. The second kappa shape index (κ2) is 12.6. The van der Waals surface area contributed by atoms with Crippen LogP contribution in [0, 0.1) is 30.9 Å². The number of carbonyl (C=O) groups excluding carboxylic acids is 3. The second-order valence-electron chi connectivity index (χ2n) is 9.71. The Hall–Kier alpha value is -4.14. The quantitative estimate of drug-likeness (QED) is 0.112. The molecular weight excluding hydrogens is 500 g/mol. The van der Waals surface area contributed by atoms with Crippen molar-refractivity contribution in [1.82, 2.24) is 0 Å². The maximum Gasteiger partial charge on any atom is 0.343 e. The van der Waals surface area contributed by atoms with E-state index >= 15 is 0 Å². The van der Waals surface area contributed by atoms with E-state index in [9.17, 15) is 24.5 Å². The molecule has 9 nitrogen and oxygen atoms in total. The fourth-order valence-corrected chi connectivity index (χ4v) is 5.35. The zero-order chi connectivity index (χ0) is 28.9. The Kier molecular flexibility index (Phi) is 9.51. The summed E-state index contributed by atoms with van der Waals surface area (Å²) in [7, 11) is 0. The molecule has 9 heteroatoms. The van der Waals surface area contributed by atoms with Crippen LogP contribution >= 0.6 is 0 Å². The summed E-state index contributed by atoms with van der Waals surface area (Å²) in [5.74, 6) is -1.17. The number of Topliss-reactive ketones (excluding diaryl/α,β-unsaturated/α-hetero) is 2. The number of allylic oxidation sites excluding steroid dienone is 2. The van der Waals surface area contributed by atoms with Crippen molar-refractivity contribution in [1.29, 1.82) is 0 Å². The van der Waals surface area contributed by atoms with Gasteiger partial charge >= 0.3 is 5.97 Å². The molecule has 0 fully saturated rings. The van der Waals surface area contributed by atoms with E-state index in [0.29, 0.717) is 30.7 Å². The molecule has 0 heterocycles. The van der Waals surface area contributed by atoms with Gasteiger partial charge in [-0.1, -0.05) is 24.6 Å². The zero-order valence-corrected chi connectivity index (χ0v) is 23.3. The molecule has 2 aromatic carbocycles. The van der Waals surface area contributed by atoms with E-state index in [4.69, 9.17) is 9.57 Å². The van der Waals surface area contributed by atoms with E-state index in [1.807, 2.05) is 33.8 Å². The minimum Gasteiger partial charge on any atom is -0.427 e. The highest BCUT2D eigenvalue weighted by atomic mass is 16.6. The number of ether oxygens (including phenoxy) is 1. The molecule has 0 aliphatic heterocycles. The molecule has 3 rings (SSSR count). The number of ketones is 2. The molecule has 0 aromatic heterocycles. The zero-order valence-electron chi connectivity index (χ0n) is 23.3.